The van der Waals surface area contributed by atoms with Crippen LogP contribution in [0.15, 0.2) is 24.5 Å². The van der Waals surface area contributed by atoms with Crippen LogP contribution in [0.25, 0.3) is 0 Å². The van der Waals surface area contributed by atoms with Crippen molar-refractivity contribution >= 4 is 0 Å². The van der Waals surface area contributed by atoms with Gasteiger partial charge in [-0.3, -0.25) is 9.88 Å². The van der Waals surface area contributed by atoms with Crippen LogP contribution in [0.5, 0.6) is 0 Å². The molecule has 1 fully saturated rings. The van der Waals surface area contributed by atoms with Crippen LogP contribution in [-0.2, 0) is 11.3 Å². The Hall–Kier alpha value is -0.100. The molecule has 0 radical (unpaired) electrons. The highest BCUT2D eigenvalue weighted by atomic mass is 35.5. The summed E-state index contributed by atoms with van der Waals surface area (Å²) in [6.45, 7) is 6.91. The number of nitrogens with zero attached hydrogens (tertiary/aromatic N) is 2. The van der Waals surface area contributed by atoms with Gasteiger partial charge in [0.2, 0.25) is 0 Å². The Morgan fingerprint density at radius 1 is 1.21 bits per heavy atom. The van der Waals surface area contributed by atoms with Crippen molar-refractivity contribution in [3.63, 3.8) is 0 Å². The van der Waals surface area contributed by atoms with Gasteiger partial charge in [-0.15, -0.1) is 0 Å². The molecule has 1 aromatic heterocycles. The second kappa shape index (κ2) is 12.9. The molecule has 1 N–H and O–H groups in total. The molecule has 2 rings (SSSR count). The van der Waals surface area contributed by atoms with Crippen LogP contribution in [0.3, 0.4) is 0 Å². The number of morpholine rings is 1. The zero-order valence-electron chi connectivity index (χ0n) is 10.7. The van der Waals surface area contributed by atoms with Crippen LogP contribution in [0.1, 0.15) is 5.56 Å². The molecule has 0 unspecified atom stereocenters. The first-order valence-corrected chi connectivity index (χ1v) is 5.85. The van der Waals surface area contributed by atoms with Crippen molar-refractivity contribution in [3.05, 3.63) is 30.1 Å². The van der Waals surface area contributed by atoms with Crippen LogP contribution in [0.4, 0.5) is 0 Å². The van der Waals surface area contributed by atoms with E-state index in [1.165, 1.54) is 5.56 Å². The predicted octanol–water partition coefficient (Wildman–Crippen LogP) is -8.48. The van der Waals surface area contributed by atoms with Crippen LogP contribution in [0.2, 0.25) is 0 Å². The van der Waals surface area contributed by atoms with Gasteiger partial charge in [-0.05, 0) is 11.6 Å². The molecule has 0 saturated carbocycles. The Kier molecular flexibility index (Phi) is 14.4. The van der Waals surface area contributed by atoms with Crippen LogP contribution in [-0.4, -0.2) is 49.3 Å². The summed E-state index contributed by atoms with van der Waals surface area (Å²) in [5.41, 5.74) is 1.24. The first-order valence-electron chi connectivity index (χ1n) is 5.85. The van der Waals surface area contributed by atoms with Gasteiger partial charge in [-0.2, -0.15) is 0 Å². The summed E-state index contributed by atoms with van der Waals surface area (Å²) >= 11 is 0. The molecule has 0 atom stereocenters. The van der Waals surface area contributed by atoms with E-state index in [1.54, 1.807) is 6.20 Å². The lowest BCUT2D eigenvalue weighted by molar-refractivity contribution is -0.001000. The Morgan fingerprint density at radius 2 is 1.95 bits per heavy atom. The van der Waals surface area contributed by atoms with E-state index in [0.29, 0.717) is 0 Å². The Labute approximate surface area is 133 Å². The number of rotatable bonds is 5. The van der Waals surface area contributed by atoms with Crippen molar-refractivity contribution < 1.29 is 42.0 Å². The SMILES string of the molecule is [Cl-].[Cl-].[Cl-].c1cncc(CNCCN2CCOCC2)c1. The minimum atomic E-state index is 0. The lowest BCUT2D eigenvalue weighted by Crippen LogP contribution is -3.00. The maximum absolute atomic E-state index is 5.30. The van der Waals surface area contributed by atoms with E-state index in [-0.39, 0.29) is 37.2 Å². The molecular weight excluding hydrogens is 309 g/mol. The summed E-state index contributed by atoms with van der Waals surface area (Å²) in [6, 6.07) is 4.06. The molecule has 19 heavy (non-hydrogen) atoms. The summed E-state index contributed by atoms with van der Waals surface area (Å²) in [6.07, 6.45) is 3.71. The molecule has 1 aliphatic rings. The molecular formula is C12H19Cl3N3O-3. The van der Waals surface area contributed by atoms with Gasteiger partial charge in [-0.1, -0.05) is 6.07 Å². The van der Waals surface area contributed by atoms with E-state index in [9.17, 15) is 0 Å². The van der Waals surface area contributed by atoms with Gasteiger partial charge in [0.1, 0.15) is 0 Å². The van der Waals surface area contributed by atoms with Gasteiger partial charge in [0.15, 0.2) is 0 Å². The topological polar surface area (TPSA) is 37.4 Å². The largest absolute Gasteiger partial charge is 1.00 e. The van der Waals surface area contributed by atoms with Gasteiger partial charge >= 0.3 is 0 Å². The number of pyridine rings is 1. The molecule has 1 saturated heterocycles. The van der Waals surface area contributed by atoms with Crippen molar-refractivity contribution in [2.24, 2.45) is 0 Å². The summed E-state index contributed by atoms with van der Waals surface area (Å²) < 4.78 is 5.30. The van der Waals surface area contributed by atoms with E-state index >= 15 is 0 Å². The fourth-order valence-corrected chi connectivity index (χ4v) is 1.80. The Morgan fingerprint density at radius 3 is 2.58 bits per heavy atom. The molecule has 0 aliphatic carbocycles. The van der Waals surface area contributed by atoms with Crippen molar-refractivity contribution in [1.82, 2.24) is 15.2 Å². The predicted molar refractivity (Wildman–Crippen MR) is 63.2 cm³/mol. The lowest BCUT2D eigenvalue weighted by Gasteiger charge is -2.26. The molecule has 0 aromatic carbocycles. The monoisotopic (exact) mass is 326 g/mol. The van der Waals surface area contributed by atoms with E-state index in [0.717, 1.165) is 45.9 Å². The lowest BCUT2D eigenvalue weighted by atomic mass is 10.3. The van der Waals surface area contributed by atoms with Crippen LogP contribution < -0.4 is 42.5 Å². The normalized spacial score (nSPS) is 14.7. The molecule has 0 amide bonds. The third kappa shape index (κ3) is 8.63. The quantitative estimate of drug-likeness (QED) is 0.545. The summed E-state index contributed by atoms with van der Waals surface area (Å²) in [5.74, 6) is 0. The maximum Gasteiger partial charge on any atom is 0.0594 e. The van der Waals surface area contributed by atoms with Crippen molar-refractivity contribution in [2.45, 2.75) is 6.54 Å². The second-order valence-electron chi connectivity index (χ2n) is 3.99. The second-order valence-corrected chi connectivity index (χ2v) is 3.99. The minimum Gasteiger partial charge on any atom is -1.00 e. The summed E-state index contributed by atoms with van der Waals surface area (Å²) in [5, 5.41) is 3.43. The number of aromatic nitrogens is 1. The average Bonchev–Trinajstić information content (AvgIpc) is 2.37. The fourth-order valence-electron chi connectivity index (χ4n) is 1.80. The van der Waals surface area contributed by atoms with E-state index in [1.807, 2.05) is 12.3 Å². The number of ether oxygens (including phenoxy) is 1. The van der Waals surface area contributed by atoms with Crippen molar-refractivity contribution in [1.29, 1.82) is 0 Å². The molecule has 0 spiro atoms. The number of hydrogen-bond donors (Lipinski definition) is 1. The Balaban J connectivity index is 0. The standard InChI is InChI=1S/C12H19N3O.3ClH/c1-2-12(10-13-3-1)11-14-4-5-15-6-8-16-9-7-15;;;/h1-3,10,14H,4-9,11H2;3*1H/p-3. The molecule has 7 heteroatoms. The summed E-state index contributed by atoms with van der Waals surface area (Å²) in [7, 11) is 0. The molecule has 112 valence electrons. The zero-order chi connectivity index (χ0) is 11.1. The number of halogens is 3. The average molecular weight is 328 g/mol. The van der Waals surface area contributed by atoms with Crippen molar-refractivity contribution in [2.75, 3.05) is 39.4 Å². The van der Waals surface area contributed by atoms with E-state index < -0.39 is 0 Å². The molecule has 0 bridgehead atoms. The molecule has 1 aliphatic heterocycles. The van der Waals surface area contributed by atoms with Gasteiger partial charge in [-0.25, -0.2) is 0 Å². The van der Waals surface area contributed by atoms with Crippen LogP contribution >= 0.6 is 0 Å². The van der Waals surface area contributed by atoms with Gasteiger partial charge in [0, 0.05) is 45.1 Å². The smallest absolute Gasteiger partial charge is 0.0594 e. The highest BCUT2D eigenvalue weighted by Gasteiger charge is 2.08. The maximum atomic E-state index is 5.30. The highest BCUT2D eigenvalue weighted by Crippen LogP contribution is 1.96. The van der Waals surface area contributed by atoms with Crippen LogP contribution in [0, 0.1) is 0 Å². The first-order chi connectivity index (χ1) is 7.95. The fraction of sp³-hybridized carbons (Fsp3) is 0.583. The highest BCUT2D eigenvalue weighted by molar-refractivity contribution is 5.07. The number of nitrogens with one attached hydrogen (secondary N) is 1. The molecule has 1 aromatic rings. The van der Waals surface area contributed by atoms with E-state index in [4.69, 9.17) is 4.74 Å². The van der Waals surface area contributed by atoms with Gasteiger partial charge in [0.05, 0.1) is 13.2 Å². The molecule has 2 heterocycles. The van der Waals surface area contributed by atoms with E-state index in [2.05, 4.69) is 21.3 Å². The third-order valence-electron chi connectivity index (χ3n) is 2.76. The minimum absolute atomic E-state index is 0. The van der Waals surface area contributed by atoms with Gasteiger partial charge < -0.3 is 47.3 Å². The summed E-state index contributed by atoms with van der Waals surface area (Å²) in [4.78, 5) is 6.52. The Bertz CT molecular complexity index is 298. The van der Waals surface area contributed by atoms with Gasteiger partial charge in [0.25, 0.3) is 0 Å². The van der Waals surface area contributed by atoms with Crippen molar-refractivity contribution in [3.8, 4) is 0 Å². The molecule has 4 nitrogen and oxygen atoms in total. The zero-order valence-corrected chi connectivity index (χ0v) is 13.0. The number of hydrogen-bond acceptors (Lipinski definition) is 4. The first kappa shape index (κ1) is 21.2. The third-order valence-corrected chi connectivity index (χ3v) is 2.76.